The normalized spacial score (nSPS) is 20.4. The van der Waals surface area contributed by atoms with Crippen LogP contribution in [0, 0.1) is 0 Å². The first-order chi connectivity index (χ1) is 9.63. The molecular weight excluding hydrogens is 254 g/mol. The van der Waals surface area contributed by atoms with E-state index < -0.39 is 0 Å². The molecule has 0 aromatic carbocycles. The minimum Gasteiger partial charge on any atom is -0.393 e. The molecule has 0 radical (unpaired) electrons. The molecule has 1 aliphatic heterocycles. The highest BCUT2D eigenvalue weighted by molar-refractivity contribution is 5.76. The fraction of sp³-hybridized carbons (Fsp3) is 0.938. The van der Waals surface area contributed by atoms with Crippen molar-refractivity contribution in [3.8, 4) is 0 Å². The molecule has 1 aliphatic rings. The Bertz CT molecular complexity index is 270. The molecule has 1 amide bonds. The molecule has 0 aromatic rings. The smallest absolute Gasteiger partial charge is 0.222 e. The quantitative estimate of drug-likeness (QED) is 0.606. The van der Waals surface area contributed by atoms with Crippen LogP contribution < -0.4 is 0 Å². The Hall–Kier alpha value is -0.610. The van der Waals surface area contributed by atoms with Gasteiger partial charge in [0.15, 0.2) is 0 Å². The number of amides is 1. The molecule has 1 heterocycles. The van der Waals surface area contributed by atoms with Gasteiger partial charge in [0.05, 0.1) is 12.2 Å². The highest BCUT2D eigenvalue weighted by Gasteiger charge is 2.24. The van der Waals surface area contributed by atoms with Crippen LogP contribution in [0.2, 0.25) is 0 Å². The van der Waals surface area contributed by atoms with Crippen molar-refractivity contribution in [3.05, 3.63) is 0 Å². The lowest BCUT2D eigenvalue weighted by Crippen LogP contribution is -2.30. The molecule has 0 spiro atoms. The number of nitrogens with zero attached hydrogens (tertiary/aromatic N) is 1. The van der Waals surface area contributed by atoms with Crippen molar-refractivity contribution in [3.63, 3.8) is 0 Å². The van der Waals surface area contributed by atoms with E-state index in [0.29, 0.717) is 32.4 Å². The average Bonchev–Trinajstić information content (AvgIpc) is 2.86. The molecule has 0 bridgehead atoms. The van der Waals surface area contributed by atoms with Crippen LogP contribution >= 0.6 is 0 Å². The van der Waals surface area contributed by atoms with Crippen molar-refractivity contribution in [1.82, 2.24) is 4.90 Å². The molecule has 1 fully saturated rings. The Labute approximate surface area is 123 Å². The number of unbranched alkanes of at least 4 members (excludes halogenated alkanes) is 5. The average molecular weight is 285 g/mol. The lowest BCUT2D eigenvalue weighted by atomic mass is 10.0. The van der Waals surface area contributed by atoms with Gasteiger partial charge in [0.2, 0.25) is 5.91 Å². The molecule has 1 rings (SSSR count). The number of carbonyl (C=O) groups excluding carboxylic acids is 1. The monoisotopic (exact) mass is 285 g/mol. The predicted molar refractivity (Wildman–Crippen MR) is 80.4 cm³/mol. The van der Waals surface area contributed by atoms with Gasteiger partial charge in [0.25, 0.3) is 0 Å². The summed E-state index contributed by atoms with van der Waals surface area (Å²) in [6.45, 7) is 3.33. The summed E-state index contributed by atoms with van der Waals surface area (Å²) in [7, 11) is 0. The van der Waals surface area contributed by atoms with Crippen LogP contribution in [0.5, 0.6) is 0 Å². The number of hydrogen-bond donors (Lipinski definition) is 2. The summed E-state index contributed by atoms with van der Waals surface area (Å²) in [5.41, 5.74) is 0. The molecule has 0 saturated carbocycles. The molecule has 2 N–H and O–H groups in total. The number of aliphatic hydroxyl groups excluding tert-OH is 2. The van der Waals surface area contributed by atoms with E-state index in [0.717, 1.165) is 12.8 Å². The zero-order valence-electron chi connectivity index (χ0n) is 12.9. The Morgan fingerprint density at radius 3 is 2.55 bits per heavy atom. The standard InChI is InChI=1S/C16H31NO3/c1-2-3-4-5-6-7-8-14(18)9-10-16(20)17-12-11-15(19)13-17/h14-15,18-19H,2-13H2,1H3/t14?,15-/m1/s1. The third-order valence-corrected chi connectivity index (χ3v) is 4.10. The number of rotatable bonds is 10. The predicted octanol–water partition coefficient (Wildman–Crippen LogP) is 2.47. The van der Waals surface area contributed by atoms with E-state index in [1.165, 1.54) is 32.1 Å². The summed E-state index contributed by atoms with van der Waals surface area (Å²) in [5.74, 6) is 0.0727. The summed E-state index contributed by atoms with van der Waals surface area (Å²) >= 11 is 0. The SMILES string of the molecule is CCCCCCCCC(O)CCC(=O)N1CC[C@@H](O)C1. The van der Waals surface area contributed by atoms with Gasteiger partial charge >= 0.3 is 0 Å². The van der Waals surface area contributed by atoms with E-state index in [4.69, 9.17) is 0 Å². The largest absolute Gasteiger partial charge is 0.393 e. The number of likely N-dealkylation sites (tertiary alicyclic amines) is 1. The highest BCUT2D eigenvalue weighted by atomic mass is 16.3. The first kappa shape index (κ1) is 17.4. The van der Waals surface area contributed by atoms with Crippen molar-refractivity contribution in [2.75, 3.05) is 13.1 Å². The van der Waals surface area contributed by atoms with E-state index in [1.807, 2.05) is 0 Å². The van der Waals surface area contributed by atoms with Crippen molar-refractivity contribution >= 4 is 5.91 Å². The maximum absolute atomic E-state index is 11.8. The molecule has 0 aromatic heterocycles. The van der Waals surface area contributed by atoms with E-state index >= 15 is 0 Å². The van der Waals surface area contributed by atoms with Crippen LogP contribution in [-0.4, -0.2) is 46.3 Å². The topological polar surface area (TPSA) is 60.8 Å². The fourth-order valence-corrected chi connectivity index (χ4v) is 2.72. The van der Waals surface area contributed by atoms with Crippen molar-refractivity contribution in [1.29, 1.82) is 0 Å². The Morgan fingerprint density at radius 1 is 1.20 bits per heavy atom. The Morgan fingerprint density at radius 2 is 1.90 bits per heavy atom. The molecular formula is C16H31NO3. The molecule has 1 unspecified atom stereocenters. The van der Waals surface area contributed by atoms with Crippen LogP contribution in [0.4, 0.5) is 0 Å². The molecule has 0 aliphatic carbocycles. The van der Waals surface area contributed by atoms with Gasteiger partial charge in [0, 0.05) is 19.5 Å². The molecule has 1 saturated heterocycles. The number of β-amino-alcohol motifs (C(OH)–C–C–N with tert-alkyl or cyclic N) is 1. The fourth-order valence-electron chi connectivity index (χ4n) is 2.72. The minimum atomic E-state index is -0.355. The van der Waals surface area contributed by atoms with Crippen LogP contribution in [0.25, 0.3) is 0 Å². The van der Waals surface area contributed by atoms with Crippen molar-refractivity contribution < 1.29 is 15.0 Å². The maximum Gasteiger partial charge on any atom is 0.222 e. The van der Waals surface area contributed by atoms with Crippen LogP contribution in [0.3, 0.4) is 0 Å². The minimum absolute atomic E-state index is 0.0727. The highest BCUT2D eigenvalue weighted by Crippen LogP contribution is 2.14. The second-order valence-corrected chi connectivity index (χ2v) is 6.03. The first-order valence-electron chi connectivity index (χ1n) is 8.27. The molecule has 20 heavy (non-hydrogen) atoms. The number of aliphatic hydroxyl groups is 2. The van der Waals surface area contributed by atoms with Crippen LogP contribution in [0.1, 0.15) is 71.1 Å². The van der Waals surface area contributed by atoms with Crippen LogP contribution in [0.15, 0.2) is 0 Å². The summed E-state index contributed by atoms with van der Waals surface area (Å²) < 4.78 is 0. The van der Waals surface area contributed by atoms with Gasteiger partial charge in [-0.15, -0.1) is 0 Å². The summed E-state index contributed by atoms with van der Waals surface area (Å²) in [6, 6.07) is 0. The third-order valence-electron chi connectivity index (χ3n) is 4.10. The summed E-state index contributed by atoms with van der Waals surface area (Å²) in [5, 5.41) is 19.3. The van der Waals surface area contributed by atoms with Gasteiger partial charge in [-0.1, -0.05) is 45.4 Å². The number of carbonyl (C=O) groups is 1. The number of hydrogen-bond acceptors (Lipinski definition) is 3. The zero-order chi connectivity index (χ0) is 14.8. The first-order valence-corrected chi connectivity index (χ1v) is 8.27. The molecule has 4 nitrogen and oxygen atoms in total. The maximum atomic E-state index is 11.8. The van der Waals surface area contributed by atoms with Gasteiger partial charge < -0.3 is 15.1 Å². The molecule has 2 atom stereocenters. The van der Waals surface area contributed by atoms with Crippen molar-refractivity contribution in [2.24, 2.45) is 0 Å². The third kappa shape index (κ3) is 7.25. The lowest BCUT2D eigenvalue weighted by Gasteiger charge is -2.17. The Balaban J connectivity index is 1.99. The molecule has 118 valence electrons. The van der Waals surface area contributed by atoms with Gasteiger partial charge in [-0.25, -0.2) is 0 Å². The van der Waals surface area contributed by atoms with E-state index in [1.54, 1.807) is 4.90 Å². The summed E-state index contributed by atoms with van der Waals surface area (Å²) in [4.78, 5) is 13.6. The van der Waals surface area contributed by atoms with Gasteiger partial charge in [-0.05, 0) is 19.3 Å². The molecule has 4 heteroatoms. The van der Waals surface area contributed by atoms with E-state index in [9.17, 15) is 15.0 Å². The van der Waals surface area contributed by atoms with E-state index in [2.05, 4.69) is 6.92 Å². The van der Waals surface area contributed by atoms with Gasteiger partial charge in [-0.2, -0.15) is 0 Å². The van der Waals surface area contributed by atoms with Gasteiger partial charge in [-0.3, -0.25) is 4.79 Å². The Kier molecular flexibility index (Phi) is 8.86. The van der Waals surface area contributed by atoms with Crippen LogP contribution in [-0.2, 0) is 4.79 Å². The zero-order valence-corrected chi connectivity index (χ0v) is 12.9. The van der Waals surface area contributed by atoms with Gasteiger partial charge in [0.1, 0.15) is 0 Å². The van der Waals surface area contributed by atoms with Crippen molar-refractivity contribution in [2.45, 2.75) is 83.3 Å². The van der Waals surface area contributed by atoms with E-state index in [-0.39, 0.29) is 18.1 Å². The second kappa shape index (κ2) is 10.2. The second-order valence-electron chi connectivity index (χ2n) is 6.03. The lowest BCUT2D eigenvalue weighted by molar-refractivity contribution is -0.131. The summed E-state index contributed by atoms with van der Waals surface area (Å²) in [6.07, 6.45) is 9.11.